The molecule has 0 aliphatic rings. The summed E-state index contributed by atoms with van der Waals surface area (Å²) in [7, 11) is 0. The van der Waals surface area contributed by atoms with Crippen LogP contribution >= 0.6 is 27.3 Å². The van der Waals surface area contributed by atoms with Gasteiger partial charge < -0.3 is 9.47 Å². The molecule has 0 aliphatic carbocycles. The quantitative estimate of drug-likeness (QED) is 0.716. The van der Waals surface area contributed by atoms with Gasteiger partial charge in [0.2, 0.25) is 0 Å². The van der Waals surface area contributed by atoms with Gasteiger partial charge in [-0.1, -0.05) is 22.0 Å². The zero-order chi connectivity index (χ0) is 13.5. The summed E-state index contributed by atoms with van der Waals surface area (Å²) in [4.78, 5) is 5.51. The summed E-state index contributed by atoms with van der Waals surface area (Å²) in [6, 6.07) is 7.81. The van der Waals surface area contributed by atoms with Crippen molar-refractivity contribution in [3.05, 3.63) is 44.8 Å². The van der Waals surface area contributed by atoms with Gasteiger partial charge in [0.1, 0.15) is 12.4 Å². The maximum absolute atomic E-state index is 5.58. The van der Waals surface area contributed by atoms with Crippen LogP contribution in [-0.2, 0) is 11.2 Å². The lowest BCUT2D eigenvalue weighted by Crippen LogP contribution is -2.08. The number of hydrogen-bond donors (Lipinski definition) is 0. The van der Waals surface area contributed by atoms with Gasteiger partial charge in [0.15, 0.2) is 0 Å². The molecule has 0 N–H and O–H groups in total. The standard InChI is InChI=1S/C14H16BrNO2S/c1-11-14(19-10-16-11)5-6-17-7-8-18-13-4-2-3-12(15)9-13/h2-4,9-10H,5-8H2,1H3. The minimum absolute atomic E-state index is 0.568. The van der Waals surface area contributed by atoms with Gasteiger partial charge in [-0.05, 0) is 25.1 Å². The number of aromatic nitrogens is 1. The molecule has 2 aromatic rings. The second-order valence-electron chi connectivity index (χ2n) is 4.03. The average molecular weight is 342 g/mol. The summed E-state index contributed by atoms with van der Waals surface area (Å²) in [5.74, 6) is 0.858. The van der Waals surface area contributed by atoms with Gasteiger partial charge in [0.05, 0.1) is 24.4 Å². The van der Waals surface area contributed by atoms with E-state index in [1.807, 2.05) is 36.7 Å². The lowest BCUT2D eigenvalue weighted by Gasteiger charge is -2.07. The number of thiazole rings is 1. The normalized spacial score (nSPS) is 10.6. The van der Waals surface area contributed by atoms with Crippen LogP contribution in [-0.4, -0.2) is 24.8 Å². The highest BCUT2D eigenvalue weighted by atomic mass is 79.9. The van der Waals surface area contributed by atoms with Gasteiger partial charge in [-0.15, -0.1) is 11.3 Å². The Kier molecular flexibility index (Phi) is 5.82. The second-order valence-corrected chi connectivity index (χ2v) is 5.88. The maximum atomic E-state index is 5.58. The molecule has 1 aromatic heterocycles. The van der Waals surface area contributed by atoms with Crippen molar-refractivity contribution in [3.8, 4) is 5.75 Å². The van der Waals surface area contributed by atoms with E-state index in [4.69, 9.17) is 9.47 Å². The fourth-order valence-corrected chi connectivity index (χ4v) is 2.75. The Balaban J connectivity index is 1.59. The van der Waals surface area contributed by atoms with Crippen molar-refractivity contribution in [2.75, 3.05) is 19.8 Å². The monoisotopic (exact) mass is 341 g/mol. The van der Waals surface area contributed by atoms with Gasteiger partial charge >= 0.3 is 0 Å². The summed E-state index contributed by atoms with van der Waals surface area (Å²) in [5.41, 5.74) is 2.99. The summed E-state index contributed by atoms with van der Waals surface area (Å²) in [6.07, 6.45) is 0.924. The number of nitrogens with zero attached hydrogens (tertiary/aromatic N) is 1. The summed E-state index contributed by atoms with van der Waals surface area (Å²) < 4.78 is 12.2. The van der Waals surface area contributed by atoms with Gasteiger partial charge in [-0.3, -0.25) is 0 Å². The van der Waals surface area contributed by atoms with Crippen LogP contribution < -0.4 is 4.74 Å². The molecule has 19 heavy (non-hydrogen) atoms. The number of benzene rings is 1. The van der Waals surface area contributed by atoms with E-state index in [-0.39, 0.29) is 0 Å². The van der Waals surface area contributed by atoms with Crippen molar-refractivity contribution in [2.24, 2.45) is 0 Å². The molecule has 0 bridgehead atoms. The summed E-state index contributed by atoms with van der Waals surface area (Å²) >= 11 is 5.09. The van der Waals surface area contributed by atoms with Crippen molar-refractivity contribution >= 4 is 27.3 Å². The maximum Gasteiger partial charge on any atom is 0.120 e. The molecule has 2 rings (SSSR count). The molecule has 5 heteroatoms. The van der Waals surface area contributed by atoms with Crippen LogP contribution in [0.1, 0.15) is 10.6 Å². The van der Waals surface area contributed by atoms with Crippen molar-refractivity contribution in [1.82, 2.24) is 4.98 Å². The van der Waals surface area contributed by atoms with Gasteiger partial charge in [-0.2, -0.15) is 0 Å². The van der Waals surface area contributed by atoms with Crippen LogP contribution in [0, 0.1) is 6.92 Å². The van der Waals surface area contributed by atoms with E-state index >= 15 is 0 Å². The first-order chi connectivity index (χ1) is 9.25. The first-order valence-corrected chi connectivity index (χ1v) is 7.78. The molecule has 0 spiro atoms. The third-order valence-electron chi connectivity index (χ3n) is 2.61. The molecule has 0 aliphatic heterocycles. The minimum Gasteiger partial charge on any atom is -0.491 e. The predicted molar refractivity (Wildman–Crippen MR) is 81.0 cm³/mol. The van der Waals surface area contributed by atoms with Crippen LogP contribution in [0.25, 0.3) is 0 Å². The van der Waals surface area contributed by atoms with E-state index in [0.29, 0.717) is 19.8 Å². The SMILES string of the molecule is Cc1ncsc1CCOCCOc1cccc(Br)c1. The van der Waals surface area contributed by atoms with Crippen molar-refractivity contribution < 1.29 is 9.47 Å². The van der Waals surface area contributed by atoms with E-state index in [9.17, 15) is 0 Å². The van der Waals surface area contributed by atoms with E-state index in [0.717, 1.165) is 22.3 Å². The zero-order valence-corrected chi connectivity index (χ0v) is 13.2. The molecule has 0 saturated carbocycles. The van der Waals surface area contributed by atoms with Crippen LogP contribution in [0.5, 0.6) is 5.75 Å². The van der Waals surface area contributed by atoms with Crippen molar-refractivity contribution in [1.29, 1.82) is 0 Å². The lowest BCUT2D eigenvalue weighted by molar-refractivity contribution is 0.103. The Morgan fingerprint density at radius 2 is 2.16 bits per heavy atom. The molecule has 1 heterocycles. The Hall–Kier alpha value is -0.910. The van der Waals surface area contributed by atoms with Gasteiger partial charge in [0.25, 0.3) is 0 Å². The fourth-order valence-electron chi connectivity index (χ4n) is 1.61. The number of ether oxygens (including phenoxy) is 2. The number of halogens is 1. The highest BCUT2D eigenvalue weighted by molar-refractivity contribution is 9.10. The molecular weight excluding hydrogens is 326 g/mol. The number of aryl methyl sites for hydroxylation is 1. The highest BCUT2D eigenvalue weighted by Gasteiger charge is 2.01. The van der Waals surface area contributed by atoms with Crippen LogP contribution in [0.2, 0.25) is 0 Å². The largest absolute Gasteiger partial charge is 0.491 e. The van der Waals surface area contributed by atoms with Crippen molar-refractivity contribution in [3.63, 3.8) is 0 Å². The van der Waals surface area contributed by atoms with Crippen LogP contribution in [0.3, 0.4) is 0 Å². The van der Waals surface area contributed by atoms with Crippen LogP contribution in [0.15, 0.2) is 34.2 Å². The Labute approximate surface area is 125 Å². The molecule has 0 atom stereocenters. The van der Waals surface area contributed by atoms with E-state index in [1.54, 1.807) is 11.3 Å². The number of hydrogen-bond acceptors (Lipinski definition) is 4. The molecule has 3 nitrogen and oxygen atoms in total. The molecule has 0 unspecified atom stereocenters. The molecule has 0 amide bonds. The Morgan fingerprint density at radius 1 is 1.26 bits per heavy atom. The summed E-state index contributed by atoms with van der Waals surface area (Å²) in [5, 5.41) is 0. The second kappa shape index (κ2) is 7.62. The van der Waals surface area contributed by atoms with Crippen LogP contribution in [0.4, 0.5) is 0 Å². The third kappa shape index (κ3) is 4.93. The highest BCUT2D eigenvalue weighted by Crippen LogP contribution is 2.17. The molecule has 0 radical (unpaired) electrons. The Bertz CT molecular complexity index is 516. The molecule has 102 valence electrons. The van der Waals surface area contributed by atoms with E-state index < -0.39 is 0 Å². The zero-order valence-electron chi connectivity index (χ0n) is 10.8. The first kappa shape index (κ1) is 14.5. The molecule has 0 fully saturated rings. The van der Waals surface area contributed by atoms with Crippen molar-refractivity contribution in [2.45, 2.75) is 13.3 Å². The molecular formula is C14H16BrNO2S. The average Bonchev–Trinajstić information content (AvgIpc) is 2.79. The topological polar surface area (TPSA) is 31.4 Å². The Morgan fingerprint density at radius 3 is 2.89 bits per heavy atom. The van der Waals surface area contributed by atoms with Gasteiger partial charge in [-0.25, -0.2) is 4.98 Å². The predicted octanol–water partition coefficient (Wildman–Crippen LogP) is 3.85. The fraction of sp³-hybridized carbons (Fsp3) is 0.357. The molecule has 1 aromatic carbocycles. The smallest absolute Gasteiger partial charge is 0.120 e. The molecule has 0 saturated heterocycles. The number of rotatable bonds is 7. The third-order valence-corrected chi connectivity index (χ3v) is 4.10. The van der Waals surface area contributed by atoms with Gasteiger partial charge in [0, 0.05) is 15.8 Å². The minimum atomic E-state index is 0.568. The lowest BCUT2D eigenvalue weighted by atomic mass is 10.3. The van der Waals surface area contributed by atoms with E-state index in [2.05, 4.69) is 20.9 Å². The first-order valence-electron chi connectivity index (χ1n) is 6.11. The van der Waals surface area contributed by atoms with E-state index in [1.165, 1.54) is 4.88 Å². The summed E-state index contributed by atoms with van der Waals surface area (Å²) in [6.45, 7) is 3.91.